The molecule has 0 radical (unpaired) electrons. The van der Waals surface area contributed by atoms with Gasteiger partial charge in [-0.1, -0.05) is 18.6 Å². The van der Waals surface area contributed by atoms with Crippen LogP contribution in [0, 0.1) is 0 Å². The monoisotopic (exact) mass is 335 g/mol. The number of carbonyl (C=O) groups is 1. The second-order valence-corrected chi connectivity index (χ2v) is 7.15. The van der Waals surface area contributed by atoms with Crippen molar-refractivity contribution < 1.29 is 4.79 Å². The lowest BCUT2D eigenvalue weighted by atomic mass is 9.91. The van der Waals surface area contributed by atoms with Gasteiger partial charge in [0.2, 0.25) is 0 Å². The fourth-order valence-electron chi connectivity index (χ4n) is 3.79. The number of aromatic nitrogens is 1. The SMILES string of the molecule is O=C(NCc1cccnc1)c1ccc2c(c1)CCN(C1CCC1)CC2. The van der Waals surface area contributed by atoms with E-state index in [2.05, 4.69) is 27.3 Å². The maximum absolute atomic E-state index is 12.5. The summed E-state index contributed by atoms with van der Waals surface area (Å²) in [4.78, 5) is 19.2. The molecule has 1 amide bonds. The first-order valence-electron chi connectivity index (χ1n) is 9.32. The van der Waals surface area contributed by atoms with Crippen LogP contribution in [0.3, 0.4) is 0 Å². The van der Waals surface area contributed by atoms with Crippen LogP contribution in [-0.2, 0) is 19.4 Å². The number of carbonyl (C=O) groups excluding carboxylic acids is 1. The number of hydrogen-bond acceptors (Lipinski definition) is 3. The number of pyridine rings is 1. The average Bonchev–Trinajstić information content (AvgIpc) is 2.81. The summed E-state index contributed by atoms with van der Waals surface area (Å²) in [7, 11) is 0. The Morgan fingerprint density at radius 1 is 1.16 bits per heavy atom. The summed E-state index contributed by atoms with van der Waals surface area (Å²) >= 11 is 0. The van der Waals surface area contributed by atoms with E-state index in [0.29, 0.717) is 6.54 Å². The van der Waals surface area contributed by atoms with Gasteiger partial charge < -0.3 is 5.32 Å². The first-order valence-corrected chi connectivity index (χ1v) is 9.32. The van der Waals surface area contributed by atoms with Gasteiger partial charge in [-0.05, 0) is 60.6 Å². The van der Waals surface area contributed by atoms with Crippen molar-refractivity contribution in [1.29, 1.82) is 0 Å². The van der Waals surface area contributed by atoms with E-state index < -0.39 is 0 Å². The maximum Gasteiger partial charge on any atom is 0.251 e. The molecule has 4 heteroatoms. The molecule has 1 saturated carbocycles. The van der Waals surface area contributed by atoms with Gasteiger partial charge in [0.05, 0.1) is 0 Å². The van der Waals surface area contributed by atoms with Crippen molar-refractivity contribution >= 4 is 5.91 Å². The normalized spacial score (nSPS) is 18.1. The van der Waals surface area contributed by atoms with E-state index in [9.17, 15) is 4.79 Å². The fraction of sp³-hybridized carbons (Fsp3) is 0.429. The number of hydrogen-bond donors (Lipinski definition) is 1. The number of nitrogens with one attached hydrogen (secondary N) is 1. The molecule has 1 aromatic carbocycles. The molecule has 2 aromatic rings. The molecule has 4 nitrogen and oxygen atoms in total. The first kappa shape index (κ1) is 16.3. The molecule has 0 saturated heterocycles. The molecule has 1 aliphatic heterocycles. The van der Waals surface area contributed by atoms with Crippen molar-refractivity contribution in [2.24, 2.45) is 0 Å². The van der Waals surface area contributed by atoms with E-state index in [1.54, 1.807) is 12.4 Å². The highest BCUT2D eigenvalue weighted by molar-refractivity contribution is 5.94. The van der Waals surface area contributed by atoms with Gasteiger partial charge in [0.1, 0.15) is 0 Å². The lowest BCUT2D eigenvalue weighted by Gasteiger charge is -2.36. The Morgan fingerprint density at radius 2 is 2.00 bits per heavy atom. The molecule has 1 aromatic heterocycles. The van der Waals surface area contributed by atoms with Gasteiger partial charge in [-0.25, -0.2) is 0 Å². The second kappa shape index (κ2) is 7.36. The molecule has 0 spiro atoms. The minimum absolute atomic E-state index is 0.00764. The lowest BCUT2D eigenvalue weighted by Crippen LogP contribution is -2.41. The van der Waals surface area contributed by atoms with Crippen LogP contribution >= 0.6 is 0 Å². The van der Waals surface area contributed by atoms with Gasteiger partial charge in [0.15, 0.2) is 0 Å². The van der Waals surface area contributed by atoms with Crippen molar-refractivity contribution in [2.75, 3.05) is 13.1 Å². The zero-order chi connectivity index (χ0) is 17.1. The van der Waals surface area contributed by atoms with E-state index in [-0.39, 0.29) is 5.91 Å². The van der Waals surface area contributed by atoms with E-state index in [1.807, 2.05) is 18.2 Å². The zero-order valence-corrected chi connectivity index (χ0v) is 14.6. The number of rotatable bonds is 4. The Morgan fingerprint density at radius 3 is 2.72 bits per heavy atom. The van der Waals surface area contributed by atoms with Crippen LogP contribution in [0.5, 0.6) is 0 Å². The van der Waals surface area contributed by atoms with Crippen LogP contribution < -0.4 is 5.32 Å². The number of amides is 1. The number of fused-ring (bicyclic) bond motifs is 1. The maximum atomic E-state index is 12.5. The average molecular weight is 335 g/mol. The highest BCUT2D eigenvalue weighted by Crippen LogP contribution is 2.27. The predicted molar refractivity (Wildman–Crippen MR) is 98.5 cm³/mol. The number of benzene rings is 1. The van der Waals surface area contributed by atoms with Crippen molar-refractivity contribution in [1.82, 2.24) is 15.2 Å². The molecule has 2 aliphatic rings. The summed E-state index contributed by atoms with van der Waals surface area (Å²) in [5, 5.41) is 2.99. The Labute approximate surface area is 149 Å². The summed E-state index contributed by atoms with van der Waals surface area (Å²) in [5.74, 6) is -0.00764. The highest BCUT2D eigenvalue weighted by atomic mass is 16.1. The van der Waals surface area contributed by atoms with Crippen LogP contribution in [0.2, 0.25) is 0 Å². The van der Waals surface area contributed by atoms with Crippen LogP contribution in [0.25, 0.3) is 0 Å². The third-order valence-electron chi connectivity index (χ3n) is 5.57. The summed E-state index contributed by atoms with van der Waals surface area (Å²) in [6.45, 7) is 2.79. The summed E-state index contributed by atoms with van der Waals surface area (Å²) < 4.78 is 0. The van der Waals surface area contributed by atoms with Gasteiger partial charge in [-0.2, -0.15) is 0 Å². The molecule has 130 valence electrons. The molecular weight excluding hydrogens is 310 g/mol. The molecule has 25 heavy (non-hydrogen) atoms. The lowest BCUT2D eigenvalue weighted by molar-refractivity contribution is 0.0950. The van der Waals surface area contributed by atoms with Crippen molar-refractivity contribution in [2.45, 2.75) is 44.7 Å². The molecule has 1 fully saturated rings. The van der Waals surface area contributed by atoms with E-state index in [0.717, 1.165) is 43.1 Å². The fourth-order valence-corrected chi connectivity index (χ4v) is 3.79. The second-order valence-electron chi connectivity index (χ2n) is 7.15. The molecule has 1 N–H and O–H groups in total. The van der Waals surface area contributed by atoms with Gasteiger partial charge in [0, 0.05) is 43.6 Å². The van der Waals surface area contributed by atoms with E-state index >= 15 is 0 Å². The van der Waals surface area contributed by atoms with Gasteiger partial charge in [0.25, 0.3) is 5.91 Å². The molecular formula is C21H25N3O. The Kier molecular flexibility index (Phi) is 4.79. The standard InChI is InChI=1S/C21H25N3O/c25-21(23-15-16-3-2-10-22-14-16)19-7-6-17-8-11-24(20-4-1-5-20)12-9-18(17)13-19/h2-3,6-7,10,13-14,20H,1,4-5,8-9,11-12,15H2,(H,23,25). The Bertz CT molecular complexity index is 740. The minimum Gasteiger partial charge on any atom is -0.348 e. The van der Waals surface area contributed by atoms with Gasteiger partial charge in [-0.3, -0.25) is 14.7 Å². The molecule has 0 atom stereocenters. The van der Waals surface area contributed by atoms with Crippen molar-refractivity contribution in [3.05, 3.63) is 65.0 Å². The quantitative estimate of drug-likeness (QED) is 0.934. The molecule has 0 unspecified atom stereocenters. The third-order valence-corrected chi connectivity index (χ3v) is 5.57. The summed E-state index contributed by atoms with van der Waals surface area (Å²) in [6.07, 6.45) is 9.78. The third kappa shape index (κ3) is 3.74. The molecule has 4 rings (SSSR count). The minimum atomic E-state index is -0.00764. The first-order chi connectivity index (χ1) is 12.3. The Hall–Kier alpha value is -2.20. The summed E-state index contributed by atoms with van der Waals surface area (Å²) in [5.41, 5.74) is 4.53. The van der Waals surface area contributed by atoms with Crippen LogP contribution in [0.4, 0.5) is 0 Å². The van der Waals surface area contributed by atoms with Crippen LogP contribution in [0.15, 0.2) is 42.7 Å². The smallest absolute Gasteiger partial charge is 0.251 e. The molecule has 1 aliphatic carbocycles. The predicted octanol–water partition coefficient (Wildman–Crippen LogP) is 2.96. The topological polar surface area (TPSA) is 45.2 Å². The highest BCUT2D eigenvalue weighted by Gasteiger charge is 2.26. The van der Waals surface area contributed by atoms with Crippen LogP contribution in [-0.4, -0.2) is 34.9 Å². The summed E-state index contributed by atoms with van der Waals surface area (Å²) in [6, 6.07) is 10.9. The van der Waals surface area contributed by atoms with E-state index in [1.165, 1.54) is 30.4 Å². The van der Waals surface area contributed by atoms with Gasteiger partial charge >= 0.3 is 0 Å². The van der Waals surface area contributed by atoms with Crippen molar-refractivity contribution in [3.63, 3.8) is 0 Å². The Balaban J connectivity index is 1.40. The zero-order valence-electron chi connectivity index (χ0n) is 14.6. The van der Waals surface area contributed by atoms with Crippen molar-refractivity contribution in [3.8, 4) is 0 Å². The molecule has 0 bridgehead atoms. The molecule has 2 heterocycles. The van der Waals surface area contributed by atoms with Gasteiger partial charge in [-0.15, -0.1) is 0 Å². The number of nitrogens with zero attached hydrogens (tertiary/aromatic N) is 2. The van der Waals surface area contributed by atoms with Crippen LogP contribution in [0.1, 0.15) is 46.3 Å². The van der Waals surface area contributed by atoms with E-state index in [4.69, 9.17) is 0 Å². The largest absolute Gasteiger partial charge is 0.348 e.